The van der Waals surface area contributed by atoms with Crippen molar-refractivity contribution in [2.45, 2.75) is 5.41 Å². The van der Waals surface area contributed by atoms with Crippen LogP contribution in [0.4, 0.5) is 17.1 Å². The number of anilines is 3. The van der Waals surface area contributed by atoms with Gasteiger partial charge in [-0.3, -0.25) is 0 Å². The molecule has 0 bridgehead atoms. The molecule has 0 aromatic heterocycles. The van der Waals surface area contributed by atoms with Crippen molar-refractivity contribution in [2.24, 2.45) is 0 Å². The summed E-state index contributed by atoms with van der Waals surface area (Å²) in [5.74, 6) is 0. The number of rotatable bonds is 7. The summed E-state index contributed by atoms with van der Waals surface area (Å²) in [7, 11) is 0. The maximum atomic E-state index is 2.50. The second kappa shape index (κ2) is 13.9. The second-order valence-electron chi connectivity index (χ2n) is 15.3. The SMILES string of the molecule is c1ccc(C2(c3ccccc3)c3ccccc3-c3c(N(c4cccc(-c5ccc(-c6ccc7ccccc7c6)cc5)c4)c4cccc5ccccc45)cccc32)cc1. The summed E-state index contributed by atoms with van der Waals surface area (Å²) in [6.07, 6.45) is 0. The predicted octanol–water partition coefficient (Wildman–Crippen LogP) is 15.2. The molecule has 0 saturated carbocycles. The molecule has 272 valence electrons. The van der Waals surface area contributed by atoms with Gasteiger partial charge in [0.05, 0.1) is 16.8 Å². The van der Waals surface area contributed by atoms with E-state index in [1.54, 1.807) is 0 Å². The van der Waals surface area contributed by atoms with Crippen LogP contribution in [-0.4, -0.2) is 0 Å². The highest BCUT2D eigenvalue weighted by Crippen LogP contribution is 2.59. The zero-order chi connectivity index (χ0) is 38.5. The summed E-state index contributed by atoms with van der Waals surface area (Å²) in [4.78, 5) is 2.50. The van der Waals surface area contributed by atoms with E-state index in [1.165, 1.54) is 77.2 Å². The molecule has 0 heterocycles. The van der Waals surface area contributed by atoms with Crippen LogP contribution in [0.2, 0.25) is 0 Å². The molecule has 58 heavy (non-hydrogen) atoms. The van der Waals surface area contributed by atoms with E-state index in [4.69, 9.17) is 0 Å². The molecule has 0 fully saturated rings. The first-order valence-electron chi connectivity index (χ1n) is 20.1. The van der Waals surface area contributed by atoms with E-state index >= 15 is 0 Å². The number of benzene rings is 10. The molecule has 11 rings (SSSR count). The standard InChI is InChI=1S/C57H39N/c1-3-21-47(22-4-1)57(48-23-5-2-6-24-48)52-28-12-11-27-51(52)56-53(57)29-15-31-55(56)58(54-30-14-19-43-17-9-10-26-50(43)54)49-25-13-20-45(39-49)41-32-34-42(35-33-41)46-37-36-40-16-7-8-18-44(40)38-46/h1-39H. The maximum absolute atomic E-state index is 2.50. The maximum Gasteiger partial charge on any atom is 0.0714 e. The summed E-state index contributed by atoms with van der Waals surface area (Å²) in [6.45, 7) is 0. The van der Waals surface area contributed by atoms with Crippen LogP contribution in [-0.2, 0) is 5.41 Å². The van der Waals surface area contributed by atoms with Crippen molar-refractivity contribution in [3.05, 3.63) is 259 Å². The van der Waals surface area contributed by atoms with Gasteiger partial charge in [0.25, 0.3) is 0 Å². The smallest absolute Gasteiger partial charge is 0.0714 e. The lowest BCUT2D eigenvalue weighted by Gasteiger charge is -2.34. The third-order valence-corrected chi connectivity index (χ3v) is 12.1. The third kappa shape index (κ3) is 5.39. The van der Waals surface area contributed by atoms with Gasteiger partial charge in [-0.15, -0.1) is 0 Å². The normalized spacial score (nSPS) is 12.6. The third-order valence-electron chi connectivity index (χ3n) is 12.1. The topological polar surface area (TPSA) is 3.24 Å². The van der Waals surface area contributed by atoms with Crippen LogP contribution in [0.15, 0.2) is 237 Å². The highest BCUT2D eigenvalue weighted by atomic mass is 15.1. The Balaban J connectivity index is 1.12. The van der Waals surface area contributed by atoms with Crippen molar-refractivity contribution in [2.75, 3.05) is 4.90 Å². The fourth-order valence-electron chi connectivity index (χ4n) is 9.52. The molecule has 0 N–H and O–H groups in total. The lowest BCUT2D eigenvalue weighted by Crippen LogP contribution is -2.28. The lowest BCUT2D eigenvalue weighted by atomic mass is 9.68. The van der Waals surface area contributed by atoms with Crippen LogP contribution in [0.5, 0.6) is 0 Å². The minimum atomic E-state index is -0.497. The van der Waals surface area contributed by atoms with Gasteiger partial charge in [0, 0.05) is 16.6 Å². The van der Waals surface area contributed by atoms with E-state index in [-0.39, 0.29) is 0 Å². The average Bonchev–Trinajstić information content (AvgIpc) is 3.61. The van der Waals surface area contributed by atoms with Gasteiger partial charge in [0.2, 0.25) is 0 Å². The van der Waals surface area contributed by atoms with Crippen molar-refractivity contribution in [1.29, 1.82) is 0 Å². The van der Waals surface area contributed by atoms with Gasteiger partial charge in [0.15, 0.2) is 0 Å². The summed E-state index contributed by atoms with van der Waals surface area (Å²) in [6, 6.07) is 86.9. The first-order chi connectivity index (χ1) is 28.8. The van der Waals surface area contributed by atoms with Gasteiger partial charge in [0.1, 0.15) is 0 Å². The molecule has 10 aromatic carbocycles. The van der Waals surface area contributed by atoms with Crippen LogP contribution in [0.1, 0.15) is 22.3 Å². The Morgan fingerprint density at radius 2 is 0.845 bits per heavy atom. The molecule has 1 nitrogen and oxygen atoms in total. The Morgan fingerprint density at radius 3 is 1.60 bits per heavy atom. The van der Waals surface area contributed by atoms with E-state index in [0.29, 0.717) is 0 Å². The Labute approximate surface area is 339 Å². The lowest BCUT2D eigenvalue weighted by molar-refractivity contribution is 0.768. The summed E-state index contributed by atoms with van der Waals surface area (Å²) in [5, 5.41) is 4.93. The van der Waals surface area contributed by atoms with Crippen molar-refractivity contribution >= 4 is 38.6 Å². The van der Waals surface area contributed by atoms with Gasteiger partial charge >= 0.3 is 0 Å². The number of nitrogens with zero attached hydrogens (tertiary/aromatic N) is 1. The minimum Gasteiger partial charge on any atom is -0.309 e. The van der Waals surface area contributed by atoms with Crippen LogP contribution in [0.25, 0.3) is 54.9 Å². The molecule has 0 amide bonds. The molecule has 1 aliphatic rings. The Morgan fingerprint density at radius 1 is 0.310 bits per heavy atom. The molecule has 0 radical (unpaired) electrons. The Kier molecular flexibility index (Phi) is 8.12. The molecular weight excluding hydrogens is 699 g/mol. The van der Waals surface area contributed by atoms with Crippen LogP contribution in [0.3, 0.4) is 0 Å². The van der Waals surface area contributed by atoms with Crippen LogP contribution >= 0.6 is 0 Å². The van der Waals surface area contributed by atoms with Gasteiger partial charge in [-0.05, 0) is 96.6 Å². The molecule has 0 spiro atoms. The van der Waals surface area contributed by atoms with Crippen molar-refractivity contribution in [3.8, 4) is 33.4 Å². The minimum absolute atomic E-state index is 0.497. The molecular formula is C57H39N. The average molecular weight is 738 g/mol. The van der Waals surface area contributed by atoms with Gasteiger partial charge in [-0.25, -0.2) is 0 Å². The second-order valence-corrected chi connectivity index (χ2v) is 15.3. The first kappa shape index (κ1) is 33.8. The molecule has 0 unspecified atom stereocenters. The molecule has 0 atom stereocenters. The van der Waals surface area contributed by atoms with Crippen LogP contribution < -0.4 is 4.90 Å². The molecule has 0 saturated heterocycles. The summed E-state index contributed by atoms with van der Waals surface area (Å²) >= 11 is 0. The van der Waals surface area contributed by atoms with E-state index < -0.39 is 5.41 Å². The molecule has 0 aliphatic heterocycles. The predicted molar refractivity (Wildman–Crippen MR) is 244 cm³/mol. The van der Waals surface area contributed by atoms with Gasteiger partial charge in [-0.2, -0.15) is 0 Å². The highest BCUT2D eigenvalue weighted by molar-refractivity contribution is 6.04. The molecule has 1 aliphatic carbocycles. The number of hydrogen-bond donors (Lipinski definition) is 0. The van der Waals surface area contributed by atoms with Crippen LogP contribution in [0, 0.1) is 0 Å². The zero-order valence-electron chi connectivity index (χ0n) is 32.0. The van der Waals surface area contributed by atoms with Crippen molar-refractivity contribution in [3.63, 3.8) is 0 Å². The molecule has 1 heteroatoms. The largest absolute Gasteiger partial charge is 0.309 e. The Bertz CT molecular complexity index is 3060. The monoisotopic (exact) mass is 737 g/mol. The van der Waals surface area contributed by atoms with E-state index in [1.807, 2.05) is 0 Å². The first-order valence-corrected chi connectivity index (χ1v) is 20.1. The van der Waals surface area contributed by atoms with Gasteiger partial charge in [-0.1, -0.05) is 206 Å². The summed E-state index contributed by atoms with van der Waals surface area (Å²) in [5.41, 5.74) is 15.3. The van der Waals surface area contributed by atoms with E-state index in [9.17, 15) is 0 Å². The molecule has 10 aromatic rings. The zero-order valence-corrected chi connectivity index (χ0v) is 32.0. The van der Waals surface area contributed by atoms with Crippen molar-refractivity contribution in [1.82, 2.24) is 0 Å². The fourth-order valence-corrected chi connectivity index (χ4v) is 9.52. The number of fused-ring (bicyclic) bond motifs is 5. The fraction of sp³-hybridized carbons (Fsp3) is 0.0175. The highest BCUT2D eigenvalue weighted by Gasteiger charge is 2.47. The number of hydrogen-bond acceptors (Lipinski definition) is 1. The van der Waals surface area contributed by atoms with Gasteiger partial charge < -0.3 is 4.90 Å². The van der Waals surface area contributed by atoms with E-state index in [2.05, 4.69) is 241 Å². The van der Waals surface area contributed by atoms with E-state index in [0.717, 1.165) is 17.1 Å². The van der Waals surface area contributed by atoms with Crippen molar-refractivity contribution < 1.29 is 0 Å². The Hall–Kier alpha value is -7.48. The quantitative estimate of drug-likeness (QED) is 0.157. The summed E-state index contributed by atoms with van der Waals surface area (Å²) < 4.78 is 0.